The normalized spacial score (nSPS) is 14.9. The van der Waals surface area contributed by atoms with Gasteiger partial charge in [0.2, 0.25) is 5.91 Å². The van der Waals surface area contributed by atoms with Crippen LogP contribution in [0.2, 0.25) is 0 Å². The maximum absolute atomic E-state index is 13.3. The Kier molecular flexibility index (Phi) is 7.06. The highest BCUT2D eigenvalue weighted by Crippen LogP contribution is 2.34. The molecule has 1 aromatic heterocycles. The van der Waals surface area contributed by atoms with E-state index in [-0.39, 0.29) is 11.8 Å². The number of rotatable bonds is 8. The van der Waals surface area contributed by atoms with Gasteiger partial charge in [0.1, 0.15) is 0 Å². The van der Waals surface area contributed by atoms with Gasteiger partial charge in [-0.2, -0.15) is 0 Å². The van der Waals surface area contributed by atoms with E-state index in [0.717, 1.165) is 19.4 Å². The summed E-state index contributed by atoms with van der Waals surface area (Å²) in [7, 11) is 0. The molecule has 34 heavy (non-hydrogen) atoms. The monoisotopic (exact) mass is 452 g/mol. The summed E-state index contributed by atoms with van der Waals surface area (Å²) in [5, 5.41) is 1.26. The quantitative estimate of drug-likeness (QED) is 0.346. The van der Waals surface area contributed by atoms with Crippen LogP contribution in [0.1, 0.15) is 35.4 Å². The molecule has 0 radical (unpaired) electrons. The van der Waals surface area contributed by atoms with Crippen LogP contribution in [0.3, 0.4) is 0 Å². The number of aromatic nitrogens is 1. The molecular formula is C30H32N2O2. The van der Waals surface area contributed by atoms with Gasteiger partial charge < -0.3 is 14.2 Å². The lowest BCUT2D eigenvalue weighted by atomic mass is 9.89. The number of carbonyl (C=O) groups is 1. The number of carbonyl (C=O) groups excluding carboxylic acids is 1. The molecule has 0 N–H and O–H groups in total. The van der Waals surface area contributed by atoms with Crippen LogP contribution in [0.15, 0.2) is 91.1 Å². The Morgan fingerprint density at radius 1 is 0.824 bits per heavy atom. The van der Waals surface area contributed by atoms with E-state index in [1.807, 2.05) is 4.90 Å². The number of fused-ring (bicyclic) bond motifs is 1. The van der Waals surface area contributed by atoms with E-state index in [1.54, 1.807) is 0 Å². The van der Waals surface area contributed by atoms with Crippen molar-refractivity contribution in [2.45, 2.75) is 31.7 Å². The van der Waals surface area contributed by atoms with Crippen molar-refractivity contribution < 1.29 is 9.53 Å². The maximum atomic E-state index is 13.3. The molecule has 1 unspecified atom stereocenters. The summed E-state index contributed by atoms with van der Waals surface area (Å²) in [5.41, 5.74) is 5.10. The van der Waals surface area contributed by atoms with Crippen LogP contribution in [0.5, 0.6) is 0 Å². The molecule has 3 aromatic carbocycles. The molecule has 4 heteroatoms. The summed E-state index contributed by atoms with van der Waals surface area (Å²) in [4.78, 5) is 15.3. The molecule has 1 atom stereocenters. The number of hydrogen-bond donors (Lipinski definition) is 0. The van der Waals surface area contributed by atoms with E-state index in [2.05, 4.69) is 95.7 Å². The van der Waals surface area contributed by atoms with E-state index >= 15 is 0 Å². The molecule has 1 aliphatic rings. The second-order valence-electron chi connectivity index (χ2n) is 9.13. The molecule has 4 aromatic rings. The minimum Gasteiger partial charge on any atom is -0.378 e. The average Bonchev–Trinajstić information content (AvgIpc) is 3.26. The predicted molar refractivity (Wildman–Crippen MR) is 137 cm³/mol. The van der Waals surface area contributed by atoms with Crippen LogP contribution in [0.4, 0.5) is 0 Å². The highest BCUT2D eigenvalue weighted by Gasteiger charge is 2.25. The summed E-state index contributed by atoms with van der Waals surface area (Å²) in [6, 6.07) is 29.8. The zero-order valence-electron chi connectivity index (χ0n) is 19.6. The van der Waals surface area contributed by atoms with Gasteiger partial charge in [0.15, 0.2) is 0 Å². The van der Waals surface area contributed by atoms with Crippen LogP contribution in [0, 0.1) is 0 Å². The second-order valence-corrected chi connectivity index (χ2v) is 9.13. The van der Waals surface area contributed by atoms with Gasteiger partial charge >= 0.3 is 0 Å². The van der Waals surface area contributed by atoms with Crippen LogP contribution < -0.4 is 0 Å². The van der Waals surface area contributed by atoms with Gasteiger partial charge in [0.25, 0.3) is 0 Å². The number of nitrogens with zero attached hydrogens (tertiary/aromatic N) is 2. The molecule has 1 aliphatic heterocycles. The molecule has 0 aliphatic carbocycles. The van der Waals surface area contributed by atoms with E-state index in [0.29, 0.717) is 32.7 Å². The summed E-state index contributed by atoms with van der Waals surface area (Å²) in [6.45, 7) is 3.48. The van der Waals surface area contributed by atoms with Gasteiger partial charge in [-0.25, -0.2) is 0 Å². The van der Waals surface area contributed by atoms with Gasteiger partial charge in [-0.05, 0) is 41.5 Å². The number of para-hydroxylation sites is 1. The van der Waals surface area contributed by atoms with E-state index in [9.17, 15) is 4.79 Å². The third-order valence-electron chi connectivity index (χ3n) is 6.86. The minimum absolute atomic E-state index is 0.164. The number of morpholine rings is 1. The van der Waals surface area contributed by atoms with Crippen LogP contribution in [-0.4, -0.2) is 41.7 Å². The fourth-order valence-electron chi connectivity index (χ4n) is 5.02. The number of hydrogen-bond acceptors (Lipinski definition) is 2. The molecule has 1 amide bonds. The first kappa shape index (κ1) is 22.4. The predicted octanol–water partition coefficient (Wildman–Crippen LogP) is 5.65. The molecule has 174 valence electrons. The highest BCUT2D eigenvalue weighted by molar-refractivity contribution is 5.86. The molecule has 0 saturated carbocycles. The number of amides is 1. The maximum Gasteiger partial charge on any atom is 0.223 e. The SMILES string of the molecule is O=C(CC(CCc1ccccc1)c1cn(Cc2ccccc2)c2ccccc12)N1CCOCC1. The average molecular weight is 453 g/mol. The Bertz CT molecular complexity index is 1210. The Hall–Kier alpha value is -3.37. The van der Waals surface area contributed by atoms with Crippen molar-refractivity contribution >= 4 is 16.8 Å². The third kappa shape index (κ3) is 5.23. The van der Waals surface area contributed by atoms with E-state index < -0.39 is 0 Å². The van der Waals surface area contributed by atoms with Crippen molar-refractivity contribution in [1.82, 2.24) is 9.47 Å². The summed E-state index contributed by atoms with van der Waals surface area (Å²) in [5.74, 6) is 0.402. The van der Waals surface area contributed by atoms with Gasteiger partial charge in [-0.3, -0.25) is 4.79 Å². The molecule has 5 rings (SSSR count). The molecule has 4 nitrogen and oxygen atoms in total. The fraction of sp³-hybridized carbons (Fsp3) is 0.300. The largest absolute Gasteiger partial charge is 0.378 e. The first-order chi connectivity index (χ1) is 16.8. The first-order valence-electron chi connectivity index (χ1n) is 12.3. The molecule has 0 bridgehead atoms. The first-order valence-corrected chi connectivity index (χ1v) is 12.3. The lowest BCUT2D eigenvalue weighted by Gasteiger charge is -2.28. The van der Waals surface area contributed by atoms with Crippen LogP contribution in [0.25, 0.3) is 10.9 Å². The fourth-order valence-corrected chi connectivity index (χ4v) is 5.02. The van der Waals surface area contributed by atoms with Crippen molar-refractivity contribution in [2.75, 3.05) is 26.3 Å². The van der Waals surface area contributed by atoms with Gasteiger partial charge in [0.05, 0.1) is 13.2 Å². The standard InChI is InChI=1S/C30H32N2O2/c33-30(31-17-19-34-20-18-31)21-26(16-15-24-9-3-1-4-10-24)28-23-32(22-25-11-5-2-6-12-25)29-14-8-7-13-27(28)29/h1-14,23,26H,15-22H2. The summed E-state index contributed by atoms with van der Waals surface area (Å²) in [6.07, 6.45) is 4.73. The smallest absolute Gasteiger partial charge is 0.223 e. The zero-order chi connectivity index (χ0) is 23.2. The lowest BCUT2D eigenvalue weighted by molar-refractivity contribution is -0.135. The topological polar surface area (TPSA) is 34.5 Å². The second kappa shape index (κ2) is 10.7. The van der Waals surface area contributed by atoms with Crippen LogP contribution in [-0.2, 0) is 22.5 Å². The number of benzene rings is 3. The molecule has 1 saturated heterocycles. The zero-order valence-corrected chi connectivity index (χ0v) is 19.6. The third-order valence-corrected chi connectivity index (χ3v) is 6.86. The van der Waals surface area contributed by atoms with Crippen molar-refractivity contribution in [2.24, 2.45) is 0 Å². The van der Waals surface area contributed by atoms with E-state index in [4.69, 9.17) is 4.74 Å². The van der Waals surface area contributed by atoms with Crippen molar-refractivity contribution in [1.29, 1.82) is 0 Å². The van der Waals surface area contributed by atoms with Gasteiger partial charge in [-0.15, -0.1) is 0 Å². The van der Waals surface area contributed by atoms with Gasteiger partial charge in [-0.1, -0.05) is 78.9 Å². The Balaban J connectivity index is 1.46. The van der Waals surface area contributed by atoms with Gasteiger partial charge in [0, 0.05) is 43.2 Å². The Morgan fingerprint density at radius 3 is 2.21 bits per heavy atom. The molecule has 2 heterocycles. The summed E-state index contributed by atoms with van der Waals surface area (Å²) < 4.78 is 7.81. The highest BCUT2D eigenvalue weighted by atomic mass is 16.5. The number of ether oxygens (including phenoxy) is 1. The van der Waals surface area contributed by atoms with Crippen LogP contribution >= 0.6 is 0 Å². The van der Waals surface area contributed by atoms with Crippen molar-refractivity contribution in [3.8, 4) is 0 Å². The summed E-state index contributed by atoms with van der Waals surface area (Å²) >= 11 is 0. The molecule has 0 spiro atoms. The minimum atomic E-state index is 0.164. The lowest BCUT2D eigenvalue weighted by Crippen LogP contribution is -2.41. The van der Waals surface area contributed by atoms with Crippen molar-refractivity contribution in [3.63, 3.8) is 0 Å². The Morgan fingerprint density at radius 2 is 1.47 bits per heavy atom. The molecular weight excluding hydrogens is 420 g/mol. The Labute approximate surface area is 201 Å². The number of aryl methyl sites for hydroxylation is 1. The molecule has 1 fully saturated rings. The van der Waals surface area contributed by atoms with Crippen molar-refractivity contribution in [3.05, 3.63) is 108 Å². The van der Waals surface area contributed by atoms with E-state index in [1.165, 1.54) is 27.6 Å².